The molecule has 1 saturated heterocycles. The van der Waals surface area contributed by atoms with E-state index in [0.717, 1.165) is 6.54 Å². The number of nitrogens with zero attached hydrogens (tertiary/aromatic N) is 1. The highest BCUT2D eigenvalue weighted by molar-refractivity contribution is 7.55. The first-order valence-electron chi connectivity index (χ1n) is 6.82. The van der Waals surface area contributed by atoms with Gasteiger partial charge in [0.1, 0.15) is 5.78 Å². The molecule has 1 aliphatic rings. The van der Waals surface area contributed by atoms with Crippen molar-refractivity contribution < 1.29 is 13.6 Å². The minimum absolute atomic E-state index is 0.0948. The van der Waals surface area contributed by atoms with E-state index in [1.165, 1.54) is 5.56 Å². The first-order chi connectivity index (χ1) is 9.12. The molecule has 1 aromatic rings. The van der Waals surface area contributed by atoms with Crippen LogP contribution in [0.15, 0.2) is 30.3 Å². The van der Waals surface area contributed by atoms with E-state index < -0.39 is 7.60 Å². The first kappa shape index (κ1) is 14.7. The Morgan fingerprint density at radius 2 is 1.84 bits per heavy atom. The zero-order valence-corrected chi connectivity index (χ0v) is 12.7. The van der Waals surface area contributed by atoms with Crippen LogP contribution >= 0.6 is 7.60 Å². The molecule has 0 aromatic heterocycles. The van der Waals surface area contributed by atoms with Crippen LogP contribution in [-0.2, 0) is 13.6 Å². The second-order valence-corrected chi connectivity index (χ2v) is 6.83. The van der Waals surface area contributed by atoms with Crippen molar-refractivity contribution in [1.82, 2.24) is 4.90 Å². The molecule has 1 aliphatic heterocycles. The van der Waals surface area contributed by atoms with Gasteiger partial charge in [-0.15, -0.1) is 0 Å². The summed E-state index contributed by atoms with van der Waals surface area (Å²) in [5.41, 5.74) is 1.23. The van der Waals surface area contributed by atoms with Crippen LogP contribution in [0.5, 0.6) is 0 Å². The van der Waals surface area contributed by atoms with Crippen molar-refractivity contribution in [3.05, 3.63) is 35.9 Å². The Hall–Kier alpha value is -0.670. The van der Waals surface area contributed by atoms with Crippen molar-refractivity contribution in [1.29, 1.82) is 0 Å². The standard InChI is InChI=1S/C14H22NO3P/c1-4-17-19(16,18-5-2)14-11-15(14)12(3)13-9-7-6-8-10-13/h6-10,12,14H,4-5,11H2,1-3H3/t12-,14-,15?/m0/s1. The highest BCUT2D eigenvalue weighted by Crippen LogP contribution is 2.61. The molecule has 3 atom stereocenters. The normalized spacial score (nSPS) is 24.2. The Balaban J connectivity index is 2.05. The minimum Gasteiger partial charge on any atom is -0.308 e. The third kappa shape index (κ3) is 3.26. The van der Waals surface area contributed by atoms with E-state index in [1.54, 1.807) is 0 Å². The second kappa shape index (κ2) is 6.19. The van der Waals surface area contributed by atoms with Crippen molar-refractivity contribution in [3.63, 3.8) is 0 Å². The van der Waals surface area contributed by atoms with Gasteiger partial charge in [0.15, 0.2) is 0 Å². The summed E-state index contributed by atoms with van der Waals surface area (Å²) in [5, 5.41) is 0. The van der Waals surface area contributed by atoms with E-state index in [0.29, 0.717) is 13.2 Å². The largest absolute Gasteiger partial charge is 0.348 e. The van der Waals surface area contributed by atoms with Crippen LogP contribution in [0.1, 0.15) is 32.4 Å². The lowest BCUT2D eigenvalue weighted by atomic mass is 10.1. The number of hydrogen-bond acceptors (Lipinski definition) is 4. The molecule has 0 N–H and O–H groups in total. The molecular formula is C14H22NO3P. The van der Waals surface area contributed by atoms with Crippen LogP contribution in [-0.4, -0.2) is 30.4 Å². The van der Waals surface area contributed by atoms with Gasteiger partial charge in [-0.05, 0) is 26.3 Å². The molecule has 0 saturated carbocycles. The van der Waals surface area contributed by atoms with Gasteiger partial charge in [-0.25, -0.2) is 0 Å². The lowest BCUT2D eigenvalue weighted by Crippen LogP contribution is -2.11. The molecule has 1 fully saturated rings. The molecule has 0 bridgehead atoms. The van der Waals surface area contributed by atoms with Gasteiger partial charge in [0, 0.05) is 12.6 Å². The van der Waals surface area contributed by atoms with E-state index in [4.69, 9.17) is 9.05 Å². The molecule has 0 radical (unpaired) electrons. The number of hydrogen-bond donors (Lipinski definition) is 0. The summed E-state index contributed by atoms with van der Waals surface area (Å²) in [6, 6.07) is 10.5. The fourth-order valence-electron chi connectivity index (χ4n) is 2.33. The molecule has 0 aliphatic carbocycles. The number of benzene rings is 1. The van der Waals surface area contributed by atoms with Gasteiger partial charge < -0.3 is 9.05 Å². The summed E-state index contributed by atoms with van der Waals surface area (Å²) in [6.45, 7) is 7.42. The first-order valence-corrected chi connectivity index (χ1v) is 8.43. The van der Waals surface area contributed by atoms with Crippen molar-refractivity contribution in [2.24, 2.45) is 0 Å². The minimum atomic E-state index is -2.98. The highest BCUT2D eigenvalue weighted by atomic mass is 31.2. The molecule has 0 amide bonds. The molecule has 1 heterocycles. The van der Waals surface area contributed by atoms with Crippen molar-refractivity contribution >= 4 is 7.60 Å². The molecule has 4 nitrogen and oxygen atoms in total. The average Bonchev–Trinajstić information content (AvgIpc) is 3.20. The summed E-state index contributed by atoms with van der Waals surface area (Å²) in [6.07, 6.45) is 0. The summed E-state index contributed by atoms with van der Waals surface area (Å²) >= 11 is 0. The van der Waals surface area contributed by atoms with Gasteiger partial charge in [0.2, 0.25) is 0 Å². The zero-order chi connectivity index (χ0) is 13.9. The Labute approximate surface area is 115 Å². The zero-order valence-electron chi connectivity index (χ0n) is 11.8. The molecule has 1 unspecified atom stereocenters. The molecule has 2 rings (SSSR count). The SMILES string of the molecule is CCOP(=O)(OCC)[C@H]1CN1[C@@H](C)c1ccccc1. The lowest BCUT2D eigenvalue weighted by molar-refractivity contribution is 0.212. The van der Waals surface area contributed by atoms with Crippen LogP contribution in [0.4, 0.5) is 0 Å². The van der Waals surface area contributed by atoms with Gasteiger partial charge in [0.25, 0.3) is 0 Å². The summed E-state index contributed by atoms with van der Waals surface area (Å²) < 4.78 is 23.4. The number of rotatable bonds is 7. The second-order valence-electron chi connectivity index (χ2n) is 4.64. The fourth-order valence-corrected chi connectivity index (χ4v) is 4.42. The topological polar surface area (TPSA) is 38.5 Å². The monoisotopic (exact) mass is 283 g/mol. The van der Waals surface area contributed by atoms with E-state index in [1.807, 2.05) is 32.0 Å². The third-order valence-corrected chi connectivity index (χ3v) is 5.81. The quantitative estimate of drug-likeness (QED) is 0.565. The Morgan fingerprint density at radius 3 is 2.37 bits per heavy atom. The van der Waals surface area contributed by atoms with E-state index in [-0.39, 0.29) is 11.8 Å². The van der Waals surface area contributed by atoms with Crippen LogP contribution in [0.25, 0.3) is 0 Å². The molecule has 0 spiro atoms. The molecule has 106 valence electrons. The van der Waals surface area contributed by atoms with Crippen LogP contribution in [0.2, 0.25) is 0 Å². The highest BCUT2D eigenvalue weighted by Gasteiger charge is 2.53. The van der Waals surface area contributed by atoms with Crippen molar-refractivity contribution in [2.45, 2.75) is 32.6 Å². The Morgan fingerprint density at radius 1 is 1.26 bits per heavy atom. The van der Waals surface area contributed by atoms with Gasteiger partial charge in [-0.2, -0.15) is 0 Å². The summed E-state index contributed by atoms with van der Waals surface area (Å²) in [5.74, 6) is -0.0948. The summed E-state index contributed by atoms with van der Waals surface area (Å²) in [7, 11) is -2.98. The maximum Gasteiger partial charge on any atom is 0.348 e. The van der Waals surface area contributed by atoms with Crippen LogP contribution in [0.3, 0.4) is 0 Å². The molecule has 19 heavy (non-hydrogen) atoms. The summed E-state index contributed by atoms with van der Waals surface area (Å²) in [4.78, 5) is 2.17. The predicted molar refractivity (Wildman–Crippen MR) is 76.2 cm³/mol. The lowest BCUT2D eigenvalue weighted by Gasteiger charge is -2.20. The molecule has 5 heteroatoms. The Kier molecular flexibility index (Phi) is 4.80. The van der Waals surface area contributed by atoms with Gasteiger partial charge >= 0.3 is 7.60 Å². The maximum atomic E-state index is 12.6. The van der Waals surface area contributed by atoms with Gasteiger partial charge in [-0.1, -0.05) is 30.3 Å². The smallest absolute Gasteiger partial charge is 0.308 e. The van der Waals surface area contributed by atoms with Crippen LogP contribution < -0.4 is 0 Å². The van der Waals surface area contributed by atoms with E-state index >= 15 is 0 Å². The van der Waals surface area contributed by atoms with E-state index in [9.17, 15) is 4.57 Å². The molecule has 1 aromatic carbocycles. The predicted octanol–water partition coefficient (Wildman–Crippen LogP) is 3.66. The fraction of sp³-hybridized carbons (Fsp3) is 0.571. The molecular weight excluding hydrogens is 261 g/mol. The van der Waals surface area contributed by atoms with Gasteiger partial charge in [-0.3, -0.25) is 9.46 Å². The maximum absolute atomic E-state index is 12.6. The average molecular weight is 283 g/mol. The van der Waals surface area contributed by atoms with Crippen molar-refractivity contribution in [3.8, 4) is 0 Å². The van der Waals surface area contributed by atoms with Gasteiger partial charge in [0.05, 0.1) is 13.2 Å². The van der Waals surface area contributed by atoms with Crippen LogP contribution in [0, 0.1) is 0 Å². The Bertz CT molecular complexity index is 441. The van der Waals surface area contributed by atoms with E-state index in [2.05, 4.69) is 24.0 Å². The third-order valence-electron chi connectivity index (χ3n) is 3.39. The van der Waals surface area contributed by atoms with Crippen molar-refractivity contribution in [2.75, 3.05) is 19.8 Å².